The molecule has 1 amide bonds. The van der Waals surface area contributed by atoms with E-state index < -0.39 is 32.7 Å². The Bertz CT molecular complexity index is 916. The number of likely N-dealkylation sites (N-methyl/N-ethyl adjacent to an activating group) is 1. The molecule has 10 heteroatoms. The number of hydrogen-bond acceptors (Lipinski definition) is 7. The zero-order chi connectivity index (χ0) is 41.8. The Kier molecular flexibility index (Phi) is 37.1. The number of amides is 1. The van der Waals surface area contributed by atoms with Gasteiger partial charge in [-0.1, -0.05) is 207 Å². The van der Waals surface area contributed by atoms with Crippen LogP contribution in [0.2, 0.25) is 0 Å². The Hall–Kier alpha value is -0.540. The van der Waals surface area contributed by atoms with E-state index in [0.717, 1.165) is 44.4 Å². The Balaban J connectivity index is 4.32. The molecule has 1 unspecified atom stereocenters. The monoisotopic (exact) mass is 819 g/mol. The predicted octanol–water partition coefficient (Wildman–Crippen LogP) is 11.6. The lowest BCUT2D eigenvalue weighted by Crippen LogP contribution is -2.51. The second-order valence-corrected chi connectivity index (χ2v) is 19.9. The fraction of sp³-hybridized carbons (Fsp3) is 0.978. The molecule has 0 aliphatic carbocycles. The molecule has 4 atom stereocenters. The molecule has 0 aromatic heterocycles. The number of unbranched alkanes of at least 4 members (excludes halogenated alkanes) is 27. The number of hydrogen-bond donors (Lipinski definition) is 3. The summed E-state index contributed by atoms with van der Waals surface area (Å²) >= 11 is 0. The SMILES string of the molecule is CCCCCCCCCCCCCCCCCCCCCCCC(=O)N[C@@H](COP(=O)([O-])OCC[N+](C)(C)C)[C@H](O)[C@H](O)CCCCCCCCCCC(C)C. The molecular formula is C46H95N2O7P. The number of carbonyl (C=O) groups excluding carboxylic acids is 1. The van der Waals surface area contributed by atoms with Crippen LogP contribution < -0.4 is 10.2 Å². The fourth-order valence-electron chi connectivity index (χ4n) is 7.26. The Labute approximate surface area is 347 Å². The first-order chi connectivity index (χ1) is 26.8. The summed E-state index contributed by atoms with van der Waals surface area (Å²) in [6.45, 7) is 6.75. The first-order valence-corrected chi connectivity index (χ1v) is 25.3. The maximum atomic E-state index is 12.9. The molecule has 0 radical (unpaired) electrons. The number of aliphatic hydroxyl groups excluding tert-OH is 2. The maximum Gasteiger partial charge on any atom is 0.268 e. The number of carbonyl (C=O) groups is 1. The topological polar surface area (TPSA) is 128 Å². The molecule has 0 saturated heterocycles. The highest BCUT2D eigenvalue weighted by atomic mass is 31.2. The van der Waals surface area contributed by atoms with Crippen molar-refractivity contribution in [3.05, 3.63) is 0 Å². The van der Waals surface area contributed by atoms with E-state index in [4.69, 9.17) is 9.05 Å². The number of phosphoric acid groups is 1. The molecule has 0 heterocycles. The summed E-state index contributed by atoms with van der Waals surface area (Å²) in [5.74, 6) is 0.494. The van der Waals surface area contributed by atoms with Crippen LogP contribution in [-0.2, 0) is 18.4 Å². The smallest absolute Gasteiger partial charge is 0.268 e. The lowest BCUT2D eigenvalue weighted by Gasteiger charge is -2.31. The van der Waals surface area contributed by atoms with Crippen LogP contribution in [0.4, 0.5) is 0 Å². The minimum absolute atomic E-state index is 0.0378. The summed E-state index contributed by atoms with van der Waals surface area (Å²) in [5, 5.41) is 24.6. The van der Waals surface area contributed by atoms with Gasteiger partial charge in [0.1, 0.15) is 19.3 Å². The van der Waals surface area contributed by atoms with Crippen molar-refractivity contribution in [2.24, 2.45) is 5.92 Å². The van der Waals surface area contributed by atoms with Crippen LogP contribution in [0.1, 0.15) is 226 Å². The number of quaternary nitrogens is 1. The quantitative estimate of drug-likeness (QED) is 0.0317. The molecule has 0 rings (SSSR count). The third kappa shape index (κ3) is 38.9. The molecule has 9 nitrogen and oxygen atoms in total. The highest BCUT2D eigenvalue weighted by Crippen LogP contribution is 2.38. The van der Waals surface area contributed by atoms with E-state index in [1.54, 1.807) is 0 Å². The molecule has 0 aliphatic heterocycles. The summed E-state index contributed by atoms with van der Waals surface area (Å²) in [5.41, 5.74) is 0. The van der Waals surface area contributed by atoms with E-state index in [1.807, 2.05) is 21.1 Å². The van der Waals surface area contributed by atoms with E-state index >= 15 is 0 Å². The highest BCUT2D eigenvalue weighted by molar-refractivity contribution is 7.45. The summed E-state index contributed by atoms with van der Waals surface area (Å²) in [6.07, 6.45) is 35.8. The van der Waals surface area contributed by atoms with E-state index in [-0.39, 0.29) is 18.9 Å². The Morgan fingerprint density at radius 2 is 0.982 bits per heavy atom. The van der Waals surface area contributed by atoms with Gasteiger partial charge in [-0.3, -0.25) is 9.36 Å². The van der Waals surface area contributed by atoms with Gasteiger partial charge in [-0.05, 0) is 18.8 Å². The van der Waals surface area contributed by atoms with Crippen LogP contribution in [0, 0.1) is 5.92 Å². The van der Waals surface area contributed by atoms with Gasteiger partial charge in [-0.15, -0.1) is 0 Å². The van der Waals surface area contributed by atoms with Crippen LogP contribution in [0.5, 0.6) is 0 Å². The minimum atomic E-state index is -4.66. The van der Waals surface area contributed by atoms with Gasteiger partial charge in [0.15, 0.2) is 0 Å². The van der Waals surface area contributed by atoms with Gasteiger partial charge in [0.05, 0.1) is 39.9 Å². The number of rotatable bonds is 43. The minimum Gasteiger partial charge on any atom is -0.756 e. The lowest BCUT2D eigenvalue weighted by molar-refractivity contribution is -0.870. The molecular weight excluding hydrogens is 723 g/mol. The summed E-state index contributed by atoms with van der Waals surface area (Å²) < 4.78 is 23.2. The maximum absolute atomic E-state index is 12.9. The van der Waals surface area contributed by atoms with Gasteiger partial charge >= 0.3 is 0 Å². The normalized spacial score (nSPS) is 14.9. The Morgan fingerprint density at radius 1 is 0.607 bits per heavy atom. The van der Waals surface area contributed by atoms with Crippen LogP contribution in [0.15, 0.2) is 0 Å². The van der Waals surface area contributed by atoms with Crippen molar-refractivity contribution in [2.75, 3.05) is 40.9 Å². The molecule has 0 fully saturated rings. The van der Waals surface area contributed by atoms with Crippen molar-refractivity contribution >= 4 is 13.7 Å². The number of aliphatic hydroxyl groups is 2. The van der Waals surface area contributed by atoms with E-state index in [1.165, 1.54) is 154 Å². The predicted molar refractivity (Wildman–Crippen MR) is 235 cm³/mol. The van der Waals surface area contributed by atoms with Crippen molar-refractivity contribution in [3.63, 3.8) is 0 Å². The van der Waals surface area contributed by atoms with Gasteiger partial charge in [0.2, 0.25) is 5.91 Å². The molecule has 0 aromatic carbocycles. The summed E-state index contributed by atoms with van der Waals surface area (Å²) in [7, 11) is 1.13. The molecule has 0 spiro atoms. The first-order valence-electron chi connectivity index (χ1n) is 23.8. The molecule has 0 aromatic rings. The lowest BCUT2D eigenvalue weighted by atomic mass is 9.99. The van der Waals surface area contributed by atoms with Crippen molar-refractivity contribution in [1.82, 2.24) is 5.32 Å². The van der Waals surface area contributed by atoms with Crippen LogP contribution in [0.3, 0.4) is 0 Å². The third-order valence-corrected chi connectivity index (χ3v) is 12.1. The van der Waals surface area contributed by atoms with Crippen molar-refractivity contribution < 1.29 is 38.0 Å². The number of nitrogens with one attached hydrogen (secondary N) is 1. The molecule has 336 valence electrons. The Morgan fingerprint density at radius 3 is 1.38 bits per heavy atom. The first kappa shape index (κ1) is 55.5. The average Bonchev–Trinajstić information content (AvgIpc) is 3.13. The summed E-state index contributed by atoms with van der Waals surface area (Å²) in [4.78, 5) is 25.4. The largest absolute Gasteiger partial charge is 0.756 e. The van der Waals surface area contributed by atoms with Crippen LogP contribution >= 0.6 is 7.82 Å². The van der Waals surface area contributed by atoms with E-state index in [2.05, 4.69) is 26.1 Å². The molecule has 3 N–H and O–H groups in total. The van der Waals surface area contributed by atoms with Crippen molar-refractivity contribution in [2.45, 2.75) is 244 Å². The van der Waals surface area contributed by atoms with Gasteiger partial charge in [0.25, 0.3) is 7.82 Å². The number of phosphoric ester groups is 1. The highest BCUT2D eigenvalue weighted by Gasteiger charge is 2.29. The van der Waals surface area contributed by atoms with E-state index in [0.29, 0.717) is 17.4 Å². The van der Waals surface area contributed by atoms with Gasteiger partial charge < -0.3 is 34.0 Å². The zero-order valence-electron chi connectivity index (χ0n) is 37.9. The molecule has 0 saturated carbocycles. The van der Waals surface area contributed by atoms with E-state index in [9.17, 15) is 24.5 Å². The second kappa shape index (κ2) is 37.5. The second-order valence-electron chi connectivity index (χ2n) is 18.4. The zero-order valence-corrected chi connectivity index (χ0v) is 38.8. The van der Waals surface area contributed by atoms with Crippen molar-refractivity contribution in [1.29, 1.82) is 0 Å². The number of nitrogens with zero attached hydrogens (tertiary/aromatic N) is 1. The fourth-order valence-corrected chi connectivity index (χ4v) is 7.99. The average molecular weight is 819 g/mol. The molecule has 0 bridgehead atoms. The summed E-state index contributed by atoms with van der Waals surface area (Å²) in [6, 6.07) is -1.07. The molecule has 56 heavy (non-hydrogen) atoms. The molecule has 0 aliphatic rings. The van der Waals surface area contributed by atoms with Crippen LogP contribution in [-0.4, -0.2) is 79.8 Å². The standard InChI is InChI=1S/C46H95N2O7P/c1-7-8-9-10-11-12-13-14-15-16-17-18-19-20-21-22-23-24-29-32-35-38-45(50)47-43(41-55-56(52,53)54-40-39-48(4,5)6)46(51)44(49)37-34-31-28-26-25-27-30-33-36-42(2)3/h42-44,46,49,51H,7-41H2,1-6H3,(H-,47,50,52,53)/t43-,44+,46-/m0/s1. The van der Waals surface area contributed by atoms with Gasteiger partial charge in [0, 0.05) is 6.42 Å². The van der Waals surface area contributed by atoms with Gasteiger partial charge in [-0.25, -0.2) is 0 Å². The van der Waals surface area contributed by atoms with Crippen molar-refractivity contribution in [3.8, 4) is 0 Å². The van der Waals surface area contributed by atoms with Crippen LogP contribution in [0.25, 0.3) is 0 Å². The van der Waals surface area contributed by atoms with Gasteiger partial charge in [-0.2, -0.15) is 0 Å². The third-order valence-electron chi connectivity index (χ3n) is 11.1.